The van der Waals surface area contributed by atoms with Crippen LogP contribution in [-0.2, 0) is 16.1 Å². The standard InChI is InChI=1S/C12H20ClN3O2/c1-5-18-11(17)12(4,15-9(2)3)8-16-7-10(13)6-14-16/h6-7,9,15H,5,8H2,1-4H3. The van der Waals surface area contributed by atoms with Gasteiger partial charge in [-0.15, -0.1) is 0 Å². The van der Waals surface area contributed by atoms with Crippen LogP contribution in [-0.4, -0.2) is 33.9 Å². The molecule has 102 valence electrons. The zero-order valence-corrected chi connectivity index (χ0v) is 12.0. The fourth-order valence-electron chi connectivity index (χ4n) is 1.85. The SMILES string of the molecule is CCOC(=O)C(C)(Cn1cc(Cl)cn1)NC(C)C. The molecule has 0 aliphatic heterocycles. The Kier molecular flexibility index (Phi) is 5.16. The Labute approximate surface area is 112 Å². The van der Waals surface area contributed by atoms with Crippen molar-refractivity contribution in [3.05, 3.63) is 17.4 Å². The number of hydrogen-bond acceptors (Lipinski definition) is 4. The van der Waals surface area contributed by atoms with E-state index >= 15 is 0 Å². The Bertz CT molecular complexity index is 406. The van der Waals surface area contributed by atoms with Crippen LogP contribution in [0.3, 0.4) is 0 Å². The van der Waals surface area contributed by atoms with Gasteiger partial charge in [0.1, 0.15) is 5.54 Å². The number of aromatic nitrogens is 2. The molecule has 1 rings (SSSR count). The van der Waals surface area contributed by atoms with Crippen LogP contribution < -0.4 is 5.32 Å². The Morgan fingerprint density at radius 3 is 2.78 bits per heavy atom. The minimum Gasteiger partial charge on any atom is -0.465 e. The molecule has 0 bridgehead atoms. The molecule has 6 heteroatoms. The van der Waals surface area contributed by atoms with Crippen LogP contribution in [0.2, 0.25) is 5.02 Å². The summed E-state index contributed by atoms with van der Waals surface area (Å²) in [6, 6.07) is 0.158. The molecule has 0 saturated carbocycles. The van der Waals surface area contributed by atoms with Gasteiger partial charge in [-0.3, -0.25) is 10.00 Å². The lowest BCUT2D eigenvalue weighted by Gasteiger charge is -2.30. The first-order chi connectivity index (χ1) is 8.37. The third kappa shape index (κ3) is 3.99. The van der Waals surface area contributed by atoms with Crippen LogP contribution >= 0.6 is 11.6 Å². The van der Waals surface area contributed by atoms with Crippen molar-refractivity contribution in [2.24, 2.45) is 0 Å². The maximum Gasteiger partial charge on any atom is 0.327 e. The number of esters is 1. The van der Waals surface area contributed by atoms with Crippen molar-refractivity contribution in [1.29, 1.82) is 0 Å². The normalized spacial score (nSPS) is 14.6. The molecule has 5 nitrogen and oxygen atoms in total. The minimum absolute atomic E-state index is 0.158. The quantitative estimate of drug-likeness (QED) is 0.804. The van der Waals surface area contributed by atoms with Crippen LogP contribution in [0.5, 0.6) is 0 Å². The second kappa shape index (κ2) is 6.20. The Morgan fingerprint density at radius 1 is 1.67 bits per heavy atom. The molecule has 1 aromatic rings. The molecule has 1 aromatic heterocycles. The van der Waals surface area contributed by atoms with Crippen molar-refractivity contribution >= 4 is 17.6 Å². The summed E-state index contributed by atoms with van der Waals surface area (Å²) in [5.41, 5.74) is -0.820. The zero-order valence-electron chi connectivity index (χ0n) is 11.2. The third-order valence-corrected chi connectivity index (χ3v) is 2.61. The summed E-state index contributed by atoms with van der Waals surface area (Å²) in [6.07, 6.45) is 3.23. The van der Waals surface area contributed by atoms with Crippen LogP contribution in [0.15, 0.2) is 12.4 Å². The van der Waals surface area contributed by atoms with E-state index in [1.54, 1.807) is 30.9 Å². The lowest BCUT2D eigenvalue weighted by Crippen LogP contribution is -2.56. The highest BCUT2D eigenvalue weighted by Crippen LogP contribution is 2.14. The highest BCUT2D eigenvalue weighted by molar-refractivity contribution is 6.30. The van der Waals surface area contributed by atoms with Gasteiger partial charge < -0.3 is 4.74 Å². The first-order valence-corrected chi connectivity index (χ1v) is 6.38. The monoisotopic (exact) mass is 273 g/mol. The van der Waals surface area contributed by atoms with Crippen molar-refractivity contribution in [2.45, 2.75) is 45.8 Å². The number of hydrogen-bond donors (Lipinski definition) is 1. The molecule has 0 radical (unpaired) electrons. The van der Waals surface area contributed by atoms with Gasteiger partial charge in [0.05, 0.1) is 24.4 Å². The highest BCUT2D eigenvalue weighted by atomic mass is 35.5. The maximum atomic E-state index is 12.1. The van der Waals surface area contributed by atoms with E-state index in [0.717, 1.165) is 0 Å². The highest BCUT2D eigenvalue weighted by Gasteiger charge is 2.36. The lowest BCUT2D eigenvalue weighted by molar-refractivity contribution is -0.151. The lowest BCUT2D eigenvalue weighted by atomic mass is 10.0. The second-order valence-electron chi connectivity index (χ2n) is 4.71. The Morgan fingerprint density at radius 2 is 2.33 bits per heavy atom. The predicted octanol–water partition coefficient (Wildman–Crippen LogP) is 1.86. The number of carbonyl (C=O) groups excluding carboxylic acids is 1. The average Bonchev–Trinajstić information content (AvgIpc) is 2.62. The molecule has 1 N–H and O–H groups in total. The number of nitrogens with zero attached hydrogens (tertiary/aromatic N) is 2. The zero-order chi connectivity index (χ0) is 13.8. The summed E-state index contributed by atoms with van der Waals surface area (Å²) >= 11 is 5.82. The van der Waals surface area contributed by atoms with Crippen molar-refractivity contribution in [2.75, 3.05) is 6.61 Å². The van der Waals surface area contributed by atoms with E-state index in [4.69, 9.17) is 16.3 Å². The Hall–Kier alpha value is -1.07. The number of halogens is 1. The van der Waals surface area contributed by atoms with Gasteiger partial charge in [0, 0.05) is 12.2 Å². The summed E-state index contributed by atoms with van der Waals surface area (Å²) in [6.45, 7) is 8.28. The van der Waals surface area contributed by atoms with Gasteiger partial charge in [0.2, 0.25) is 0 Å². The topological polar surface area (TPSA) is 56.2 Å². The second-order valence-corrected chi connectivity index (χ2v) is 5.14. The van der Waals surface area contributed by atoms with E-state index in [0.29, 0.717) is 18.2 Å². The molecule has 0 saturated heterocycles. The molecule has 0 aliphatic carbocycles. The number of nitrogens with one attached hydrogen (secondary N) is 1. The molecule has 1 unspecified atom stereocenters. The average molecular weight is 274 g/mol. The van der Waals surface area contributed by atoms with Crippen LogP contribution in [0.25, 0.3) is 0 Å². The number of rotatable bonds is 6. The van der Waals surface area contributed by atoms with E-state index in [1.807, 2.05) is 13.8 Å². The number of carbonyl (C=O) groups is 1. The van der Waals surface area contributed by atoms with E-state index in [2.05, 4.69) is 10.4 Å². The van der Waals surface area contributed by atoms with Crippen molar-refractivity contribution in [3.63, 3.8) is 0 Å². The summed E-state index contributed by atoms with van der Waals surface area (Å²) in [5.74, 6) is -0.287. The van der Waals surface area contributed by atoms with Gasteiger partial charge in [0.15, 0.2) is 0 Å². The molecule has 1 atom stereocenters. The summed E-state index contributed by atoms with van der Waals surface area (Å²) in [4.78, 5) is 12.1. The predicted molar refractivity (Wildman–Crippen MR) is 70.5 cm³/mol. The van der Waals surface area contributed by atoms with Crippen LogP contribution in [0, 0.1) is 0 Å². The van der Waals surface area contributed by atoms with Gasteiger partial charge in [-0.1, -0.05) is 11.6 Å². The molecule has 0 amide bonds. The molecule has 1 heterocycles. The molecule has 0 fully saturated rings. The minimum atomic E-state index is -0.820. The summed E-state index contributed by atoms with van der Waals surface area (Å²) in [5, 5.41) is 7.85. The third-order valence-electron chi connectivity index (χ3n) is 2.41. The van der Waals surface area contributed by atoms with Gasteiger partial charge in [-0.2, -0.15) is 5.10 Å². The first-order valence-electron chi connectivity index (χ1n) is 6.00. The fourth-order valence-corrected chi connectivity index (χ4v) is 2.00. The summed E-state index contributed by atoms with van der Waals surface area (Å²) < 4.78 is 6.74. The van der Waals surface area contributed by atoms with Gasteiger partial charge in [-0.25, -0.2) is 4.79 Å². The Balaban J connectivity index is 2.86. The van der Waals surface area contributed by atoms with Gasteiger partial charge in [0.25, 0.3) is 0 Å². The summed E-state index contributed by atoms with van der Waals surface area (Å²) in [7, 11) is 0. The van der Waals surface area contributed by atoms with Crippen molar-refractivity contribution < 1.29 is 9.53 Å². The number of ether oxygens (including phenoxy) is 1. The molecular weight excluding hydrogens is 254 g/mol. The molecule has 0 spiro atoms. The van der Waals surface area contributed by atoms with Crippen LogP contribution in [0.4, 0.5) is 0 Å². The van der Waals surface area contributed by atoms with E-state index in [1.165, 1.54) is 0 Å². The van der Waals surface area contributed by atoms with Crippen molar-refractivity contribution in [3.8, 4) is 0 Å². The molecule has 0 aromatic carbocycles. The van der Waals surface area contributed by atoms with Gasteiger partial charge >= 0.3 is 5.97 Å². The van der Waals surface area contributed by atoms with E-state index < -0.39 is 5.54 Å². The van der Waals surface area contributed by atoms with Gasteiger partial charge in [-0.05, 0) is 27.7 Å². The first kappa shape index (κ1) is 15.0. The van der Waals surface area contributed by atoms with Crippen LogP contribution in [0.1, 0.15) is 27.7 Å². The fraction of sp³-hybridized carbons (Fsp3) is 0.667. The largest absolute Gasteiger partial charge is 0.465 e. The molecule has 18 heavy (non-hydrogen) atoms. The van der Waals surface area contributed by atoms with E-state index in [-0.39, 0.29) is 12.0 Å². The van der Waals surface area contributed by atoms with E-state index in [9.17, 15) is 4.79 Å². The molecule has 0 aliphatic rings. The smallest absolute Gasteiger partial charge is 0.327 e. The van der Waals surface area contributed by atoms with Crippen molar-refractivity contribution in [1.82, 2.24) is 15.1 Å². The molecular formula is C12H20ClN3O2. The maximum absolute atomic E-state index is 12.1.